The molecule has 0 bridgehead atoms. The third-order valence-corrected chi connectivity index (χ3v) is 2.57. The first kappa shape index (κ1) is 15.9. The van der Waals surface area contributed by atoms with Crippen LogP contribution in [0, 0.1) is 0 Å². The summed E-state index contributed by atoms with van der Waals surface area (Å²) >= 11 is 0. The van der Waals surface area contributed by atoms with Crippen LogP contribution in [0.4, 0.5) is 0 Å². The van der Waals surface area contributed by atoms with Gasteiger partial charge in [-0.1, -0.05) is 13.8 Å². The van der Waals surface area contributed by atoms with E-state index in [4.69, 9.17) is 9.47 Å². The van der Waals surface area contributed by atoms with Crippen molar-refractivity contribution in [1.29, 1.82) is 0 Å². The van der Waals surface area contributed by atoms with Gasteiger partial charge in [0.05, 0.1) is 14.2 Å². The van der Waals surface area contributed by atoms with Crippen LogP contribution >= 0.6 is 0 Å². The van der Waals surface area contributed by atoms with Crippen molar-refractivity contribution < 1.29 is 14.6 Å². The molecular formula is C15H20N2O3. The van der Waals surface area contributed by atoms with Crippen molar-refractivity contribution in [3.8, 4) is 11.8 Å². The summed E-state index contributed by atoms with van der Waals surface area (Å²) < 4.78 is 9.93. The van der Waals surface area contributed by atoms with Gasteiger partial charge in [-0.3, -0.25) is 0 Å². The molecule has 0 amide bonds. The highest BCUT2D eigenvalue weighted by atomic mass is 16.5. The zero-order valence-corrected chi connectivity index (χ0v) is 12.2. The zero-order chi connectivity index (χ0) is 15.0. The standard InChI is InChI=1S/C13H14N2O3.C2H6/c1-17-11-5-3-9(7-14-11)13(16)10-4-6-12(18-2)15-8-10;1-2/h3-8,13,16H,1-2H3;1-2H3. The Bertz CT molecular complexity index is 450. The number of hydrogen-bond donors (Lipinski definition) is 1. The summed E-state index contributed by atoms with van der Waals surface area (Å²) in [7, 11) is 3.09. The van der Waals surface area contributed by atoms with E-state index in [1.54, 1.807) is 50.9 Å². The Morgan fingerprint density at radius 3 is 1.50 bits per heavy atom. The van der Waals surface area contributed by atoms with Crippen molar-refractivity contribution in [3.63, 3.8) is 0 Å². The first-order valence-corrected chi connectivity index (χ1v) is 6.42. The van der Waals surface area contributed by atoms with Crippen LogP contribution in [0.15, 0.2) is 36.7 Å². The van der Waals surface area contributed by atoms with Crippen LogP contribution < -0.4 is 9.47 Å². The second-order valence-corrected chi connectivity index (χ2v) is 3.67. The Labute approximate surface area is 119 Å². The number of rotatable bonds is 4. The summed E-state index contributed by atoms with van der Waals surface area (Å²) in [4.78, 5) is 8.10. The first-order chi connectivity index (χ1) is 9.74. The second-order valence-electron chi connectivity index (χ2n) is 3.67. The lowest BCUT2D eigenvalue weighted by Gasteiger charge is -2.11. The Hall–Kier alpha value is -2.14. The van der Waals surface area contributed by atoms with E-state index in [1.165, 1.54) is 0 Å². The van der Waals surface area contributed by atoms with Gasteiger partial charge >= 0.3 is 0 Å². The fourth-order valence-corrected chi connectivity index (χ4v) is 1.54. The molecule has 0 saturated carbocycles. The number of methoxy groups -OCH3 is 2. The monoisotopic (exact) mass is 276 g/mol. The number of aliphatic hydroxyl groups is 1. The number of ether oxygens (including phenoxy) is 2. The van der Waals surface area contributed by atoms with Crippen LogP contribution in [0.3, 0.4) is 0 Å². The maximum atomic E-state index is 10.2. The smallest absolute Gasteiger partial charge is 0.212 e. The molecule has 0 aromatic carbocycles. The van der Waals surface area contributed by atoms with Gasteiger partial charge < -0.3 is 14.6 Å². The van der Waals surface area contributed by atoms with Crippen molar-refractivity contribution in [2.75, 3.05) is 14.2 Å². The van der Waals surface area contributed by atoms with Crippen molar-refractivity contribution in [1.82, 2.24) is 9.97 Å². The van der Waals surface area contributed by atoms with E-state index < -0.39 is 6.10 Å². The maximum Gasteiger partial charge on any atom is 0.212 e. The molecule has 0 atom stereocenters. The minimum absolute atomic E-state index is 0.513. The third kappa shape index (κ3) is 3.93. The highest BCUT2D eigenvalue weighted by molar-refractivity contribution is 5.29. The lowest BCUT2D eigenvalue weighted by molar-refractivity contribution is 0.219. The first-order valence-electron chi connectivity index (χ1n) is 6.42. The van der Waals surface area contributed by atoms with Gasteiger partial charge in [0.15, 0.2) is 0 Å². The quantitative estimate of drug-likeness (QED) is 0.930. The van der Waals surface area contributed by atoms with Gasteiger partial charge in [-0.15, -0.1) is 0 Å². The molecule has 0 aliphatic carbocycles. The zero-order valence-electron chi connectivity index (χ0n) is 12.2. The Morgan fingerprint density at radius 2 is 1.25 bits per heavy atom. The van der Waals surface area contributed by atoms with Crippen LogP contribution in [0.5, 0.6) is 11.8 Å². The normalized spacial score (nSPS) is 9.70. The number of hydrogen-bond acceptors (Lipinski definition) is 5. The van der Waals surface area contributed by atoms with E-state index in [2.05, 4.69) is 9.97 Å². The van der Waals surface area contributed by atoms with Crippen LogP contribution in [0.1, 0.15) is 31.1 Å². The van der Waals surface area contributed by atoms with Crippen LogP contribution in [0.2, 0.25) is 0 Å². The van der Waals surface area contributed by atoms with Crippen molar-refractivity contribution >= 4 is 0 Å². The van der Waals surface area contributed by atoms with E-state index >= 15 is 0 Å². The minimum Gasteiger partial charge on any atom is -0.481 e. The maximum absolute atomic E-state index is 10.2. The Balaban J connectivity index is 0.000000956. The fourth-order valence-electron chi connectivity index (χ4n) is 1.54. The predicted octanol–water partition coefficient (Wildman–Crippen LogP) is 2.60. The van der Waals surface area contributed by atoms with E-state index in [1.807, 2.05) is 13.8 Å². The molecule has 0 aliphatic rings. The molecule has 0 saturated heterocycles. The van der Waals surface area contributed by atoms with Gasteiger partial charge in [0.25, 0.3) is 0 Å². The Morgan fingerprint density at radius 1 is 0.850 bits per heavy atom. The molecule has 2 heterocycles. The van der Waals surface area contributed by atoms with Gasteiger partial charge in [0.2, 0.25) is 11.8 Å². The molecule has 2 rings (SSSR count). The van der Waals surface area contributed by atoms with Gasteiger partial charge in [0.1, 0.15) is 6.10 Å². The molecular weight excluding hydrogens is 256 g/mol. The molecule has 0 radical (unpaired) electrons. The predicted molar refractivity (Wildman–Crippen MR) is 77.0 cm³/mol. The van der Waals surface area contributed by atoms with E-state index in [9.17, 15) is 5.11 Å². The molecule has 1 N–H and O–H groups in total. The molecule has 0 aliphatic heterocycles. The van der Waals surface area contributed by atoms with E-state index in [-0.39, 0.29) is 0 Å². The molecule has 2 aromatic rings. The van der Waals surface area contributed by atoms with Crippen molar-refractivity contribution in [2.45, 2.75) is 20.0 Å². The van der Waals surface area contributed by atoms with Crippen LogP contribution in [-0.2, 0) is 0 Å². The lowest BCUT2D eigenvalue weighted by Crippen LogP contribution is -2.01. The molecule has 20 heavy (non-hydrogen) atoms. The average Bonchev–Trinajstić information content (AvgIpc) is 2.56. The number of nitrogens with zero attached hydrogens (tertiary/aromatic N) is 2. The summed E-state index contributed by atoms with van der Waals surface area (Å²) in [6, 6.07) is 6.94. The van der Waals surface area contributed by atoms with Gasteiger partial charge in [-0.2, -0.15) is 0 Å². The fraction of sp³-hybridized carbons (Fsp3) is 0.333. The summed E-state index contributed by atoms with van der Waals surface area (Å²) in [5.41, 5.74) is 1.37. The lowest BCUT2D eigenvalue weighted by atomic mass is 10.1. The third-order valence-electron chi connectivity index (χ3n) is 2.57. The molecule has 5 heteroatoms. The molecule has 5 nitrogen and oxygen atoms in total. The number of aliphatic hydroxyl groups excluding tert-OH is 1. The van der Waals surface area contributed by atoms with Gasteiger partial charge in [-0.05, 0) is 12.1 Å². The second kappa shape index (κ2) is 8.12. The molecule has 2 aromatic heterocycles. The minimum atomic E-state index is -0.762. The van der Waals surface area contributed by atoms with Crippen molar-refractivity contribution in [2.24, 2.45) is 0 Å². The van der Waals surface area contributed by atoms with Gasteiger partial charge in [0, 0.05) is 35.7 Å². The molecule has 108 valence electrons. The summed E-state index contributed by atoms with van der Waals surface area (Å²) in [6.45, 7) is 4.00. The highest BCUT2D eigenvalue weighted by Crippen LogP contribution is 2.22. The van der Waals surface area contributed by atoms with Gasteiger partial charge in [-0.25, -0.2) is 9.97 Å². The number of pyridine rings is 2. The van der Waals surface area contributed by atoms with Crippen LogP contribution in [-0.4, -0.2) is 29.3 Å². The van der Waals surface area contributed by atoms with E-state index in [0.29, 0.717) is 22.9 Å². The largest absolute Gasteiger partial charge is 0.481 e. The topological polar surface area (TPSA) is 64.5 Å². The molecule has 0 fully saturated rings. The SMILES string of the molecule is CC.COc1ccc(C(O)c2ccc(OC)nc2)cn1. The summed E-state index contributed by atoms with van der Waals surface area (Å²) in [6.07, 6.45) is 2.39. The summed E-state index contributed by atoms with van der Waals surface area (Å²) in [5.74, 6) is 1.03. The molecule has 0 unspecified atom stereocenters. The highest BCUT2D eigenvalue weighted by Gasteiger charge is 2.11. The Kier molecular flexibility index (Phi) is 6.46. The molecule has 0 spiro atoms. The van der Waals surface area contributed by atoms with Crippen molar-refractivity contribution in [3.05, 3.63) is 47.8 Å². The number of aromatic nitrogens is 2. The average molecular weight is 276 g/mol. The van der Waals surface area contributed by atoms with E-state index in [0.717, 1.165) is 0 Å². The summed E-state index contributed by atoms with van der Waals surface area (Å²) in [5, 5.41) is 10.2. The van der Waals surface area contributed by atoms with Crippen LogP contribution in [0.25, 0.3) is 0 Å².